The van der Waals surface area contributed by atoms with Crippen LogP contribution < -0.4 is 22.7 Å². The van der Waals surface area contributed by atoms with Gasteiger partial charge in [-0.1, -0.05) is 120 Å². The molecule has 6 rings (SSSR count). The highest BCUT2D eigenvalue weighted by Gasteiger charge is 2.10. The molecule has 0 unspecified atom stereocenters. The van der Waals surface area contributed by atoms with Crippen LogP contribution in [0, 0.1) is 13.8 Å². The number of nitrogen functional groups attached to an aromatic ring is 1. The summed E-state index contributed by atoms with van der Waals surface area (Å²) in [7, 11) is 0. The van der Waals surface area contributed by atoms with E-state index >= 15 is 0 Å². The fraction of sp³-hybridized carbons (Fsp3) is 0.0857. The Hall–Kier alpha value is -4.29. The van der Waals surface area contributed by atoms with Crippen LogP contribution in [0.4, 0.5) is 11.4 Å². The van der Waals surface area contributed by atoms with E-state index in [0.29, 0.717) is 0 Å². The van der Waals surface area contributed by atoms with Crippen molar-refractivity contribution in [3.05, 3.63) is 150 Å². The summed E-state index contributed by atoms with van der Waals surface area (Å²) in [6, 6.07) is 45.5. The molecule has 0 heterocycles. The molecule has 0 amide bonds. The standard InChI is InChI=1S/C21H18N2S.2C7H8.H4N2/c22-21-19(24)11-10-14-12-15(13-23-16-6-2-1-3-7-16)17-8-4-5-9-18(17)20(14)21;2*1-7-5-3-2-4-6-7;1-2/h1-12,23-24H,13,22H2;2*2-6H,1H3;1-2H2. The predicted octanol–water partition coefficient (Wildman–Crippen LogP) is 8.28. The Morgan fingerprint density at radius 1 is 0.600 bits per heavy atom. The SMILES string of the molecule is Cc1ccccc1.Cc1ccccc1.NN.Nc1c(S)ccc2cc(CNc3ccccc3)c3ccccc3c12. The topological polar surface area (TPSA) is 90.1 Å². The Kier molecular flexibility index (Phi) is 12.1. The van der Waals surface area contributed by atoms with E-state index < -0.39 is 0 Å². The zero-order valence-electron chi connectivity index (χ0n) is 23.1. The van der Waals surface area contributed by atoms with E-state index in [0.717, 1.165) is 33.6 Å². The van der Waals surface area contributed by atoms with E-state index in [4.69, 9.17) is 5.73 Å². The van der Waals surface area contributed by atoms with Crippen molar-refractivity contribution in [1.82, 2.24) is 0 Å². The number of nitrogens with two attached hydrogens (primary N) is 3. The largest absolute Gasteiger partial charge is 0.397 e. The number of hydrogen-bond donors (Lipinski definition) is 5. The maximum absolute atomic E-state index is 6.31. The highest BCUT2D eigenvalue weighted by molar-refractivity contribution is 7.80. The molecule has 0 aliphatic carbocycles. The number of fused-ring (bicyclic) bond motifs is 3. The molecular weight excluding hydrogens is 508 g/mol. The Morgan fingerprint density at radius 3 is 1.57 bits per heavy atom. The van der Waals surface area contributed by atoms with Gasteiger partial charge in [0.1, 0.15) is 0 Å². The molecule has 6 aromatic carbocycles. The first kappa shape index (κ1) is 30.3. The van der Waals surface area contributed by atoms with Gasteiger partial charge in [0, 0.05) is 22.5 Å². The summed E-state index contributed by atoms with van der Waals surface area (Å²) >= 11 is 4.48. The first-order valence-electron chi connectivity index (χ1n) is 13.1. The van der Waals surface area contributed by atoms with Crippen LogP contribution in [0.25, 0.3) is 21.5 Å². The van der Waals surface area contributed by atoms with Crippen LogP contribution >= 0.6 is 12.6 Å². The van der Waals surface area contributed by atoms with Crippen molar-refractivity contribution >= 4 is 45.5 Å². The summed E-state index contributed by atoms with van der Waals surface area (Å²) < 4.78 is 0. The Labute approximate surface area is 243 Å². The van der Waals surface area contributed by atoms with Gasteiger partial charge < -0.3 is 11.1 Å². The number of hydrogen-bond acceptors (Lipinski definition) is 5. The molecule has 0 aromatic heterocycles. The van der Waals surface area contributed by atoms with Crippen molar-refractivity contribution in [2.24, 2.45) is 11.7 Å². The molecule has 204 valence electrons. The Morgan fingerprint density at radius 2 is 1.07 bits per heavy atom. The maximum Gasteiger partial charge on any atom is 0.0535 e. The Bertz CT molecular complexity index is 1550. The van der Waals surface area contributed by atoms with Gasteiger partial charge >= 0.3 is 0 Å². The first-order chi connectivity index (χ1) is 19.5. The summed E-state index contributed by atoms with van der Waals surface area (Å²) in [5.41, 5.74) is 12.1. The van der Waals surface area contributed by atoms with Crippen molar-refractivity contribution in [1.29, 1.82) is 0 Å². The molecule has 4 nitrogen and oxygen atoms in total. The molecule has 0 atom stereocenters. The zero-order valence-corrected chi connectivity index (χ0v) is 24.0. The van der Waals surface area contributed by atoms with Gasteiger partial charge in [-0.25, -0.2) is 0 Å². The van der Waals surface area contributed by atoms with Crippen molar-refractivity contribution in [2.75, 3.05) is 11.1 Å². The van der Waals surface area contributed by atoms with E-state index in [2.05, 4.69) is 116 Å². The van der Waals surface area contributed by atoms with Crippen LogP contribution in [0.15, 0.2) is 138 Å². The number of benzene rings is 6. The molecule has 0 saturated carbocycles. The molecule has 0 radical (unpaired) electrons. The van der Waals surface area contributed by atoms with Gasteiger partial charge in [0.05, 0.1) is 5.69 Å². The molecule has 7 N–H and O–H groups in total. The quantitative estimate of drug-likeness (QED) is 0.0508. The molecule has 0 fully saturated rings. The molecule has 0 saturated heterocycles. The summed E-state index contributed by atoms with van der Waals surface area (Å²) in [4.78, 5) is 0.822. The average molecular weight is 547 g/mol. The van der Waals surface area contributed by atoms with E-state index in [1.54, 1.807) is 0 Å². The number of thiol groups is 1. The number of aryl methyl sites for hydroxylation is 2. The molecular formula is C35H38N4S. The third-order valence-electron chi connectivity index (χ3n) is 6.26. The third kappa shape index (κ3) is 8.61. The van der Waals surface area contributed by atoms with Gasteiger partial charge in [-0.15, -0.1) is 12.6 Å². The number of anilines is 2. The lowest BCUT2D eigenvalue weighted by molar-refractivity contribution is 1.17. The van der Waals surface area contributed by atoms with Gasteiger partial charge in [-0.05, 0) is 59.8 Å². The number of nitrogens with one attached hydrogen (secondary N) is 1. The lowest BCUT2D eigenvalue weighted by Crippen LogP contribution is -2.02. The fourth-order valence-electron chi connectivity index (χ4n) is 4.26. The second-order valence-corrected chi connectivity index (χ2v) is 9.69. The van der Waals surface area contributed by atoms with E-state index in [1.165, 1.54) is 27.5 Å². The Balaban J connectivity index is 0.000000224. The summed E-state index contributed by atoms with van der Waals surface area (Å²) in [6.45, 7) is 4.93. The van der Waals surface area contributed by atoms with Crippen LogP contribution in [0.3, 0.4) is 0 Å². The minimum atomic E-state index is 0.745. The maximum atomic E-state index is 6.31. The number of hydrazine groups is 1. The molecule has 0 spiro atoms. The fourth-order valence-corrected chi connectivity index (χ4v) is 4.45. The van der Waals surface area contributed by atoms with E-state index in [9.17, 15) is 0 Å². The highest BCUT2D eigenvalue weighted by Crippen LogP contribution is 2.35. The van der Waals surface area contributed by atoms with Crippen LogP contribution in [0.1, 0.15) is 16.7 Å². The molecule has 0 aliphatic heterocycles. The molecule has 0 aliphatic rings. The average Bonchev–Trinajstić information content (AvgIpc) is 3.01. The number of rotatable bonds is 3. The van der Waals surface area contributed by atoms with Gasteiger partial charge in [0.25, 0.3) is 0 Å². The van der Waals surface area contributed by atoms with Crippen LogP contribution in [-0.4, -0.2) is 0 Å². The van der Waals surface area contributed by atoms with E-state index in [1.807, 2.05) is 60.7 Å². The van der Waals surface area contributed by atoms with Crippen LogP contribution in [-0.2, 0) is 6.54 Å². The lowest BCUT2D eigenvalue weighted by Gasteiger charge is -2.14. The predicted molar refractivity (Wildman–Crippen MR) is 178 cm³/mol. The molecule has 0 bridgehead atoms. The number of para-hydroxylation sites is 1. The highest BCUT2D eigenvalue weighted by atomic mass is 32.1. The van der Waals surface area contributed by atoms with Gasteiger partial charge in [0.2, 0.25) is 0 Å². The summed E-state index contributed by atoms with van der Waals surface area (Å²) in [5, 5.41) is 8.12. The lowest BCUT2D eigenvalue weighted by atomic mass is 9.96. The van der Waals surface area contributed by atoms with Crippen molar-refractivity contribution in [2.45, 2.75) is 25.3 Å². The zero-order chi connectivity index (χ0) is 28.7. The second kappa shape index (κ2) is 16.0. The van der Waals surface area contributed by atoms with Crippen molar-refractivity contribution in [3.63, 3.8) is 0 Å². The first-order valence-corrected chi connectivity index (χ1v) is 13.5. The molecule has 5 heteroatoms. The third-order valence-corrected chi connectivity index (χ3v) is 6.65. The van der Waals surface area contributed by atoms with Crippen LogP contribution in [0.2, 0.25) is 0 Å². The van der Waals surface area contributed by atoms with Gasteiger partial charge in [0.15, 0.2) is 0 Å². The summed E-state index contributed by atoms with van der Waals surface area (Å²) in [6.07, 6.45) is 0. The molecule has 6 aromatic rings. The summed E-state index contributed by atoms with van der Waals surface area (Å²) in [5.74, 6) is 8.00. The van der Waals surface area contributed by atoms with Crippen molar-refractivity contribution in [3.8, 4) is 0 Å². The minimum Gasteiger partial charge on any atom is -0.397 e. The second-order valence-electron chi connectivity index (χ2n) is 9.21. The smallest absolute Gasteiger partial charge is 0.0535 e. The minimum absolute atomic E-state index is 0.745. The van der Waals surface area contributed by atoms with Gasteiger partial charge in [-0.2, -0.15) is 0 Å². The normalized spacial score (nSPS) is 9.82. The molecule has 40 heavy (non-hydrogen) atoms. The van der Waals surface area contributed by atoms with Gasteiger partial charge in [-0.3, -0.25) is 11.7 Å². The monoisotopic (exact) mass is 546 g/mol. The van der Waals surface area contributed by atoms with E-state index in [-0.39, 0.29) is 0 Å². The van der Waals surface area contributed by atoms with Crippen molar-refractivity contribution < 1.29 is 0 Å². The van der Waals surface area contributed by atoms with Crippen LogP contribution in [0.5, 0.6) is 0 Å².